The highest BCUT2D eigenvalue weighted by molar-refractivity contribution is 5.23. The average Bonchev–Trinajstić information content (AvgIpc) is 2.13. The first-order chi connectivity index (χ1) is 6.93. The summed E-state index contributed by atoms with van der Waals surface area (Å²) in [6.45, 7) is 11.6. The molecule has 1 saturated carbocycles. The third-order valence-electron chi connectivity index (χ3n) is 4.53. The van der Waals surface area contributed by atoms with Crippen LogP contribution in [0.5, 0.6) is 0 Å². The van der Waals surface area contributed by atoms with E-state index in [1.165, 1.54) is 18.4 Å². The Morgan fingerprint density at radius 1 is 1.40 bits per heavy atom. The summed E-state index contributed by atoms with van der Waals surface area (Å²) in [6, 6.07) is 0. The van der Waals surface area contributed by atoms with Crippen molar-refractivity contribution in [2.45, 2.75) is 47.5 Å². The average molecular weight is 204 g/mol. The van der Waals surface area contributed by atoms with Crippen molar-refractivity contribution in [1.82, 2.24) is 0 Å². The van der Waals surface area contributed by atoms with Crippen LogP contribution in [0.4, 0.5) is 0 Å². The van der Waals surface area contributed by atoms with Crippen LogP contribution in [0.15, 0.2) is 23.3 Å². The van der Waals surface area contributed by atoms with Crippen LogP contribution in [0.25, 0.3) is 0 Å². The normalized spacial score (nSPS) is 37.4. The first-order valence-electron chi connectivity index (χ1n) is 6.25. The Kier molecular flexibility index (Phi) is 2.56. The van der Waals surface area contributed by atoms with Gasteiger partial charge in [-0.15, -0.1) is 0 Å². The van der Waals surface area contributed by atoms with Crippen LogP contribution in [0, 0.1) is 23.2 Å². The van der Waals surface area contributed by atoms with Crippen LogP contribution in [-0.4, -0.2) is 0 Å². The topological polar surface area (TPSA) is 0 Å². The SMILES string of the molecule is CC(C)=CC1C2C=C(C)CCC2C1(C)C. The largest absolute Gasteiger partial charge is 0.0816 e. The van der Waals surface area contributed by atoms with E-state index in [-0.39, 0.29) is 0 Å². The van der Waals surface area contributed by atoms with E-state index in [4.69, 9.17) is 0 Å². The Morgan fingerprint density at radius 2 is 2.07 bits per heavy atom. The van der Waals surface area contributed by atoms with Crippen molar-refractivity contribution in [2.24, 2.45) is 23.2 Å². The first-order valence-corrected chi connectivity index (χ1v) is 6.25. The van der Waals surface area contributed by atoms with E-state index in [9.17, 15) is 0 Å². The van der Waals surface area contributed by atoms with Gasteiger partial charge in [-0.25, -0.2) is 0 Å². The molecule has 0 heteroatoms. The van der Waals surface area contributed by atoms with Crippen molar-refractivity contribution < 1.29 is 0 Å². The zero-order valence-corrected chi connectivity index (χ0v) is 10.8. The van der Waals surface area contributed by atoms with Gasteiger partial charge in [0.15, 0.2) is 0 Å². The third-order valence-corrected chi connectivity index (χ3v) is 4.53. The Balaban J connectivity index is 2.24. The molecule has 2 aliphatic carbocycles. The Bertz CT molecular complexity index is 313. The molecule has 0 amide bonds. The number of fused-ring (bicyclic) bond motifs is 1. The Morgan fingerprint density at radius 3 is 2.67 bits per heavy atom. The van der Waals surface area contributed by atoms with Gasteiger partial charge in [0.2, 0.25) is 0 Å². The molecular formula is C15H24. The molecule has 0 aromatic rings. The van der Waals surface area contributed by atoms with E-state index in [2.05, 4.69) is 46.8 Å². The fraction of sp³-hybridized carbons (Fsp3) is 0.733. The van der Waals surface area contributed by atoms with Crippen molar-refractivity contribution in [2.75, 3.05) is 0 Å². The van der Waals surface area contributed by atoms with Crippen LogP contribution < -0.4 is 0 Å². The van der Waals surface area contributed by atoms with Crippen LogP contribution in [-0.2, 0) is 0 Å². The molecule has 0 nitrogen and oxygen atoms in total. The second kappa shape index (κ2) is 3.50. The molecule has 1 fully saturated rings. The fourth-order valence-electron chi connectivity index (χ4n) is 3.64. The van der Waals surface area contributed by atoms with Gasteiger partial charge in [0.25, 0.3) is 0 Å². The molecule has 3 atom stereocenters. The molecular weight excluding hydrogens is 180 g/mol. The van der Waals surface area contributed by atoms with Crippen LogP contribution in [0.1, 0.15) is 47.5 Å². The van der Waals surface area contributed by atoms with Gasteiger partial charge >= 0.3 is 0 Å². The lowest BCUT2D eigenvalue weighted by Crippen LogP contribution is -2.53. The van der Waals surface area contributed by atoms with Crippen LogP contribution >= 0.6 is 0 Å². The number of hydrogen-bond acceptors (Lipinski definition) is 0. The lowest BCUT2D eigenvalue weighted by atomic mass is 9.45. The fourth-order valence-corrected chi connectivity index (χ4v) is 3.64. The minimum absolute atomic E-state index is 0.527. The van der Waals surface area contributed by atoms with Crippen molar-refractivity contribution >= 4 is 0 Å². The van der Waals surface area contributed by atoms with Crippen molar-refractivity contribution in [3.8, 4) is 0 Å². The van der Waals surface area contributed by atoms with Crippen molar-refractivity contribution in [3.05, 3.63) is 23.3 Å². The monoisotopic (exact) mass is 204 g/mol. The molecule has 0 aromatic heterocycles. The van der Waals surface area contributed by atoms with Gasteiger partial charge in [0.05, 0.1) is 0 Å². The van der Waals surface area contributed by atoms with Gasteiger partial charge in [-0.05, 0) is 56.8 Å². The Hall–Kier alpha value is -0.520. The summed E-state index contributed by atoms with van der Waals surface area (Å²) in [5.41, 5.74) is 3.61. The van der Waals surface area contributed by atoms with Crippen LogP contribution in [0.2, 0.25) is 0 Å². The second-order valence-corrected chi connectivity index (χ2v) is 6.33. The molecule has 0 radical (unpaired) electrons. The number of hydrogen-bond donors (Lipinski definition) is 0. The summed E-state index contributed by atoms with van der Waals surface area (Å²) in [7, 11) is 0. The maximum Gasteiger partial charge on any atom is -0.0111 e. The molecule has 2 rings (SSSR count). The maximum atomic E-state index is 2.55. The van der Waals surface area contributed by atoms with Gasteiger partial charge in [0.1, 0.15) is 0 Å². The highest BCUT2D eigenvalue weighted by atomic mass is 14.6. The zero-order chi connectivity index (χ0) is 11.2. The van der Waals surface area contributed by atoms with Crippen molar-refractivity contribution in [1.29, 1.82) is 0 Å². The smallest absolute Gasteiger partial charge is 0.0111 e. The van der Waals surface area contributed by atoms with Gasteiger partial charge in [-0.2, -0.15) is 0 Å². The predicted octanol–water partition coefficient (Wildman–Crippen LogP) is 4.58. The van der Waals surface area contributed by atoms with E-state index < -0.39 is 0 Å². The molecule has 15 heavy (non-hydrogen) atoms. The quantitative estimate of drug-likeness (QED) is 0.548. The minimum atomic E-state index is 0.527. The zero-order valence-electron chi connectivity index (χ0n) is 10.8. The second-order valence-electron chi connectivity index (χ2n) is 6.33. The standard InChI is InChI=1S/C15H24/c1-10(2)8-14-12-9-11(3)6-7-13(12)15(14,4)5/h8-9,12-14H,6-7H2,1-5H3. The molecule has 0 heterocycles. The minimum Gasteiger partial charge on any atom is -0.0816 e. The third kappa shape index (κ3) is 1.68. The molecule has 0 bridgehead atoms. The van der Waals surface area contributed by atoms with Gasteiger partial charge in [0, 0.05) is 0 Å². The summed E-state index contributed by atoms with van der Waals surface area (Å²) >= 11 is 0. The van der Waals surface area contributed by atoms with E-state index >= 15 is 0 Å². The van der Waals surface area contributed by atoms with Gasteiger partial charge in [-0.1, -0.05) is 37.1 Å². The lowest BCUT2D eigenvalue weighted by Gasteiger charge is -2.59. The summed E-state index contributed by atoms with van der Waals surface area (Å²) in [4.78, 5) is 0. The molecule has 84 valence electrons. The van der Waals surface area contributed by atoms with E-state index in [0.717, 1.165) is 17.8 Å². The Labute approximate surface area is 94.5 Å². The molecule has 0 aliphatic heterocycles. The number of rotatable bonds is 1. The summed E-state index contributed by atoms with van der Waals surface area (Å²) in [6.07, 6.45) is 7.78. The molecule has 2 aliphatic rings. The van der Waals surface area contributed by atoms with Crippen LogP contribution in [0.3, 0.4) is 0 Å². The highest BCUT2D eigenvalue weighted by Crippen LogP contribution is 2.60. The molecule has 0 saturated heterocycles. The van der Waals surface area contributed by atoms with Crippen molar-refractivity contribution in [3.63, 3.8) is 0 Å². The highest BCUT2D eigenvalue weighted by Gasteiger charge is 2.54. The molecule has 0 aromatic carbocycles. The van der Waals surface area contributed by atoms with E-state index in [1.54, 1.807) is 5.57 Å². The lowest BCUT2D eigenvalue weighted by molar-refractivity contribution is -0.0527. The molecule has 3 unspecified atom stereocenters. The predicted molar refractivity (Wildman–Crippen MR) is 66.7 cm³/mol. The van der Waals surface area contributed by atoms with E-state index in [1.807, 2.05) is 0 Å². The number of allylic oxidation sites excluding steroid dienone is 4. The summed E-state index contributed by atoms with van der Waals surface area (Å²) in [5, 5.41) is 0. The molecule has 0 N–H and O–H groups in total. The first kappa shape index (κ1) is 11.0. The maximum absolute atomic E-state index is 2.55. The summed E-state index contributed by atoms with van der Waals surface area (Å²) in [5.74, 6) is 2.55. The van der Waals surface area contributed by atoms with E-state index in [0.29, 0.717) is 5.41 Å². The van der Waals surface area contributed by atoms with Gasteiger partial charge < -0.3 is 0 Å². The summed E-state index contributed by atoms with van der Waals surface area (Å²) < 4.78 is 0. The molecule has 0 spiro atoms. The van der Waals surface area contributed by atoms with Gasteiger partial charge in [-0.3, -0.25) is 0 Å².